The van der Waals surface area contributed by atoms with E-state index in [2.05, 4.69) is 15.3 Å². The van der Waals surface area contributed by atoms with Gasteiger partial charge in [-0.1, -0.05) is 0 Å². The molecule has 1 amide bonds. The zero-order valence-electron chi connectivity index (χ0n) is 17.2. The number of rotatable bonds is 3. The summed E-state index contributed by atoms with van der Waals surface area (Å²) in [5, 5.41) is 3.22. The summed E-state index contributed by atoms with van der Waals surface area (Å²) in [5.74, 6) is -0.111. The molecule has 31 heavy (non-hydrogen) atoms. The first kappa shape index (κ1) is 20.5. The topological polar surface area (TPSA) is 84.1 Å². The molecule has 2 aliphatic carbocycles. The summed E-state index contributed by atoms with van der Waals surface area (Å²) in [5.41, 5.74) is 5.78. The van der Waals surface area contributed by atoms with Crippen LogP contribution < -0.4 is 16.0 Å². The van der Waals surface area contributed by atoms with Gasteiger partial charge in [0.25, 0.3) is 0 Å². The Morgan fingerprint density at radius 3 is 2.42 bits per heavy atom. The predicted octanol–water partition coefficient (Wildman–Crippen LogP) is 3.25. The molecule has 166 valence electrons. The number of halogens is 3. The van der Waals surface area contributed by atoms with Crippen LogP contribution in [0.4, 0.5) is 18.9 Å². The standard InChI is InChI=1S/C22H26F3N5O/c23-22(24,25)15-5-6-17(19-18(15)27-9-10-28-19)30-11-16(21(12-30)7-8-21)20(31)29-14-3-1-13(26)2-4-14/h5-6,9-10,13-14,16H,1-4,7-8,11-12,26H2,(H,29,31). The maximum absolute atomic E-state index is 13.4. The number of anilines is 1. The minimum atomic E-state index is -4.50. The molecular formula is C22H26F3N5O. The van der Waals surface area contributed by atoms with Gasteiger partial charge in [0.1, 0.15) is 11.0 Å². The Hall–Kier alpha value is -2.42. The van der Waals surface area contributed by atoms with Crippen molar-refractivity contribution < 1.29 is 18.0 Å². The molecule has 1 atom stereocenters. The molecule has 6 nitrogen and oxygen atoms in total. The van der Waals surface area contributed by atoms with Crippen molar-refractivity contribution in [2.24, 2.45) is 17.1 Å². The molecule has 2 heterocycles. The van der Waals surface area contributed by atoms with Crippen LogP contribution >= 0.6 is 0 Å². The summed E-state index contributed by atoms with van der Waals surface area (Å²) in [4.78, 5) is 23.3. The molecule has 2 saturated carbocycles. The molecule has 9 heteroatoms. The van der Waals surface area contributed by atoms with Crippen LogP contribution in [0, 0.1) is 11.3 Å². The highest BCUT2D eigenvalue weighted by molar-refractivity contribution is 5.92. The Balaban J connectivity index is 1.39. The Bertz CT molecular complexity index is 998. The summed E-state index contributed by atoms with van der Waals surface area (Å²) in [6, 6.07) is 2.93. The van der Waals surface area contributed by atoms with Crippen molar-refractivity contribution in [2.75, 3.05) is 18.0 Å². The van der Waals surface area contributed by atoms with Crippen molar-refractivity contribution >= 4 is 22.6 Å². The summed E-state index contributed by atoms with van der Waals surface area (Å²) in [6.45, 7) is 1.13. The van der Waals surface area contributed by atoms with Gasteiger partial charge < -0.3 is 16.0 Å². The fourth-order valence-corrected chi connectivity index (χ4v) is 5.27. The molecule has 3 fully saturated rings. The first-order valence-corrected chi connectivity index (χ1v) is 10.9. The average Bonchev–Trinajstić information content (AvgIpc) is 3.40. The van der Waals surface area contributed by atoms with E-state index in [4.69, 9.17) is 5.73 Å². The van der Waals surface area contributed by atoms with Gasteiger partial charge in [0.15, 0.2) is 0 Å². The van der Waals surface area contributed by atoms with Gasteiger partial charge in [0.05, 0.1) is 17.2 Å². The number of aromatic nitrogens is 2. The number of carbonyl (C=O) groups is 1. The van der Waals surface area contributed by atoms with Gasteiger partial charge in [0.2, 0.25) is 5.91 Å². The van der Waals surface area contributed by atoms with E-state index in [9.17, 15) is 18.0 Å². The quantitative estimate of drug-likeness (QED) is 0.776. The number of hydrogen-bond acceptors (Lipinski definition) is 5. The number of nitrogens with zero attached hydrogens (tertiary/aromatic N) is 3. The number of amides is 1. The second-order valence-corrected chi connectivity index (χ2v) is 9.30. The Labute approximate surface area is 178 Å². The third kappa shape index (κ3) is 3.73. The molecule has 1 saturated heterocycles. The highest BCUT2D eigenvalue weighted by Gasteiger charge is 2.58. The molecule has 1 aliphatic heterocycles. The predicted molar refractivity (Wildman–Crippen MR) is 110 cm³/mol. The third-order valence-corrected chi connectivity index (χ3v) is 7.22. The Kier molecular flexibility index (Phi) is 4.84. The molecule has 1 spiro atoms. The van der Waals surface area contributed by atoms with E-state index in [0.29, 0.717) is 18.8 Å². The fraction of sp³-hybridized carbons (Fsp3) is 0.591. The largest absolute Gasteiger partial charge is 0.418 e. The second kappa shape index (κ2) is 7.32. The Morgan fingerprint density at radius 1 is 1.10 bits per heavy atom. The zero-order valence-corrected chi connectivity index (χ0v) is 17.2. The number of nitrogens with one attached hydrogen (secondary N) is 1. The van der Waals surface area contributed by atoms with Crippen molar-refractivity contribution in [2.45, 2.75) is 56.8 Å². The molecule has 1 aromatic carbocycles. The zero-order chi connectivity index (χ0) is 21.8. The minimum Gasteiger partial charge on any atom is -0.368 e. The van der Waals surface area contributed by atoms with Gasteiger partial charge in [0, 0.05) is 43.0 Å². The van der Waals surface area contributed by atoms with E-state index >= 15 is 0 Å². The van der Waals surface area contributed by atoms with Crippen molar-refractivity contribution in [1.82, 2.24) is 15.3 Å². The highest BCUT2D eigenvalue weighted by Crippen LogP contribution is 2.57. The highest BCUT2D eigenvalue weighted by atomic mass is 19.4. The lowest BCUT2D eigenvalue weighted by Gasteiger charge is -2.28. The molecule has 3 aliphatic rings. The third-order valence-electron chi connectivity index (χ3n) is 7.22. The number of carbonyl (C=O) groups excluding carboxylic acids is 1. The number of alkyl halides is 3. The number of fused-ring (bicyclic) bond motifs is 1. The number of hydrogen-bond donors (Lipinski definition) is 2. The summed E-state index contributed by atoms with van der Waals surface area (Å²) < 4.78 is 40.3. The van der Waals surface area contributed by atoms with Gasteiger partial charge in [-0.25, -0.2) is 0 Å². The first-order chi connectivity index (χ1) is 14.8. The summed E-state index contributed by atoms with van der Waals surface area (Å²) in [6.07, 6.45) is 3.74. The van der Waals surface area contributed by atoms with E-state index in [1.54, 1.807) is 0 Å². The molecule has 1 unspecified atom stereocenters. The summed E-state index contributed by atoms with van der Waals surface area (Å²) >= 11 is 0. The van der Waals surface area contributed by atoms with Crippen LogP contribution in [-0.2, 0) is 11.0 Å². The lowest BCUT2D eigenvalue weighted by atomic mass is 9.89. The van der Waals surface area contributed by atoms with E-state index < -0.39 is 11.7 Å². The monoisotopic (exact) mass is 433 g/mol. The minimum absolute atomic E-state index is 0.0581. The maximum Gasteiger partial charge on any atom is 0.418 e. The van der Waals surface area contributed by atoms with Crippen LogP contribution in [0.25, 0.3) is 11.0 Å². The van der Waals surface area contributed by atoms with Crippen molar-refractivity contribution in [1.29, 1.82) is 0 Å². The van der Waals surface area contributed by atoms with Crippen LogP contribution in [0.1, 0.15) is 44.1 Å². The normalized spacial score (nSPS) is 27.6. The lowest BCUT2D eigenvalue weighted by Crippen LogP contribution is -2.44. The van der Waals surface area contributed by atoms with Crippen molar-refractivity contribution in [3.63, 3.8) is 0 Å². The first-order valence-electron chi connectivity index (χ1n) is 10.9. The number of benzene rings is 1. The lowest BCUT2D eigenvalue weighted by molar-refractivity contribution is -0.136. The molecular weight excluding hydrogens is 407 g/mol. The molecule has 0 bridgehead atoms. The smallest absolute Gasteiger partial charge is 0.368 e. The Morgan fingerprint density at radius 2 is 1.77 bits per heavy atom. The molecule has 3 N–H and O–H groups in total. The van der Waals surface area contributed by atoms with E-state index in [-0.39, 0.29) is 40.4 Å². The van der Waals surface area contributed by atoms with Crippen molar-refractivity contribution in [3.05, 3.63) is 30.1 Å². The molecule has 2 aromatic rings. The van der Waals surface area contributed by atoms with E-state index in [0.717, 1.165) is 44.6 Å². The van der Waals surface area contributed by atoms with Crippen LogP contribution in [0.15, 0.2) is 24.5 Å². The SMILES string of the molecule is NC1CCC(NC(=O)C2CN(c3ccc(C(F)(F)F)c4nccnc34)CC23CC3)CC1. The van der Waals surface area contributed by atoms with Gasteiger partial charge in [-0.2, -0.15) is 13.2 Å². The van der Waals surface area contributed by atoms with E-state index in [1.807, 2.05) is 4.90 Å². The van der Waals surface area contributed by atoms with Crippen LogP contribution in [0.5, 0.6) is 0 Å². The second-order valence-electron chi connectivity index (χ2n) is 9.30. The summed E-state index contributed by atoms with van der Waals surface area (Å²) in [7, 11) is 0. The van der Waals surface area contributed by atoms with Crippen molar-refractivity contribution in [3.8, 4) is 0 Å². The fourth-order valence-electron chi connectivity index (χ4n) is 5.27. The van der Waals surface area contributed by atoms with Gasteiger partial charge in [-0.3, -0.25) is 14.8 Å². The van der Waals surface area contributed by atoms with Crippen LogP contribution in [0.3, 0.4) is 0 Å². The molecule has 1 aromatic heterocycles. The maximum atomic E-state index is 13.4. The van der Waals surface area contributed by atoms with Gasteiger partial charge >= 0.3 is 6.18 Å². The van der Waals surface area contributed by atoms with Gasteiger partial charge in [-0.05, 0) is 50.7 Å². The molecule has 5 rings (SSSR count). The number of nitrogens with two attached hydrogens (primary N) is 1. The molecule has 0 radical (unpaired) electrons. The van der Waals surface area contributed by atoms with E-state index in [1.165, 1.54) is 18.5 Å². The average molecular weight is 433 g/mol. The van der Waals surface area contributed by atoms with Crippen LogP contribution in [0.2, 0.25) is 0 Å². The van der Waals surface area contributed by atoms with Gasteiger partial charge in [-0.15, -0.1) is 0 Å². The van der Waals surface area contributed by atoms with Crippen LogP contribution in [-0.4, -0.2) is 41.0 Å².